The summed E-state index contributed by atoms with van der Waals surface area (Å²) >= 11 is 0. The maximum absolute atomic E-state index is 11.3. The average Bonchev–Trinajstić information content (AvgIpc) is 2.58. The van der Waals surface area contributed by atoms with Crippen LogP contribution in [0, 0.1) is 6.92 Å². The molecule has 0 amide bonds. The van der Waals surface area contributed by atoms with Gasteiger partial charge in [-0.15, -0.1) is 0 Å². The van der Waals surface area contributed by atoms with Crippen molar-refractivity contribution in [3.63, 3.8) is 0 Å². The van der Waals surface area contributed by atoms with Gasteiger partial charge in [0, 0.05) is 6.07 Å². The predicted molar refractivity (Wildman–Crippen MR) is 101 cm³/mol. The molecule has 0 heterocycles. The monoisotopic (exact) mass is 358 g/mol. The molecule has 2 aromatic rings. The summed E-state index contributed by atoms with van der Waals surface area (Å²) in [4.78, 5) is 11.3. The van der Waals surface area contributed by atoms with Gasteiger partial charge in [-0.1, -0.05) is 38.5 Å². The lowest BCUT2D eigenvalue weighted by molar-refractivity contribution is 0.0691. The fourth-order valence-electron chi connectivity index (χ4n) is 2.58. The minimum atomic E-state index is -1.04. The highest BCUT2D eigenvalue weighted by Crippen LogP contribution is 2.32. The molecule has 140 valence electrons. The maximum atomic E-state index is 11.3. The van der Waals surface area contributed by atoms with Crippen molar-refractivity contribution in [3.8, 4) is 17.2 Å². The molecule has 2 rings (SSSR count). The van der Waals surface area contributed by atoms with Crippen molar-refractivity contribution in [3.05, 3.63) is 53.1 Å². The molecule has 2 aromatic carbocycles. The number of aromatic carboxylic acids is 1. The minimum absolute atomic E-state index is 0.0362. The molecule has 26 heavy (non-hydrogen) atoms. The van der Waals surface area contributed by atoms with Gasteiger partial charge < -0.3 is 19.3 Å². The number of carbonyl (C=O) groups is 1. The van der Waals surface area contributed by atoms with Gasteiger partial charge in [0.05, 0.1) is 7.11 Å². The van der Waals surface area contributed by atoms with E-state index < -0.39 is 5.97 Å². The molecule has 0 aliphatic heterocycles. The molecular weight excluding hydrogens is 332 g/mol. The predicted octanol–water partition coefficient (Wildman–Crippen LogP) is 4.46. The summed E-state index contributed by atoms with van der Waals surface area (Å²) in [6.45, 7) is 9.01. The number of carboxylic acid groups (broad SMARTS) is 1. The van der Waals surface area contributed by atoms with Gasteiger partial charge >= 0.3 is 5.97 Å². The number of carboxylic acids is 1. The summed E-state index contributed by atoms with van der Waals surface area (Å²) in [7, 11) is 1.52. The summed E-state index contributed by atoms with van der Waals surface area (Å²) < 4.78 is 16.6. The third-order valence-corrected chi connectivity index (χ3v) is 3.96. The SMILES string of the molecule is COc1ccc(C(=O)O)c(OCCOc2ccc(C)cc2C(C)(C)C)c1. The van der Waals surface area contributed by atoms with Crippen LogP contribution in [0.2, 0.25) is 0 Å². The zero-order valence-electron chi connectivity index (χ0n) is 16.0. The second-order valence-corrected chi connectivity index (χ2v) is 7.11. The molecule has 0 spiro atoms. The Labute approximate surface area is 154 Å². The second-order valence-electron chi connectivity index (χ2n) is 7.11. The smallest absolute Gasteiger partial charge is 0.339 e. The lowest BCUT2D eigenvalue weighted by atomic mass is 9.85. The van der Waals surface area contributed by atoms with E-state index in [0.717, 1.165) is 11.3 Å². The van der Waals surface area contributed by atoms with Gasteiger partial charge in [0.1, 0.15) is 36.0 Å². The van der Waals surface area contributed by atoms with E-state index in [1.165, 1.54) is 18.7 Å². The molecule has 0 atom stereocenters. The van der Waals surface area contributed by atoms with Crippen molar-refractivity contribution in [2.75, 3.05) is 20.3 Å². The zero-order valence-corrected chi connectivity index (χ0v) is 16.0. The molecule has 0 radical (unpaired) electrons. The summed E-state index contributed by atoms with van der Waals surface area (Å²) in [5, 5.41) is 9.26. The summed E-state index contributed by atoms with van der Waals surface area (Å²) in [5.74, 6) is 0.577. The largest absolute Gasteiger partial charge is 0.497 e. The van der Waals surface area contributed by atoms with Gasteiger partial charge in [0.25, 0.3) is 0 Å². The molecule has 0 aliphatic rings. The fourth-order valence-corrected chi connectivity index (χ4v) is 2.58. The van der Waals surface area contributed by atoms with Crippen LogP contribution in [0.5, 0.6) is 17.2 Å². The van der Waals surface area contributed by atoms with Crippen LogP contribution >= 0.6 is 0 Å². The molecule has 0 fully saturated rings. The van der Waals surface area contributed by atoms with Gasteiger partial charge in [0.15, 0.2) is 0 Å². The van der Waals surface area contributed by atoms with Crippen molar-refractivity contribution in [2.24, 2.45) is 0 Å². The lowest BCUT2D eigenvalue weighted by Crippen LogP contribution is -2.16. The van der Waals surface area contributed by atoms with E-state index >= 15 is 0 Å². The minimum Gasteiger partial charge on any atom is -0.497 e. The Morgan fingerprint density at radius 3 is 2.23 bits per heavy atom. The van der Waals surface area contributed by atoms with Gasteiger partial charge in [-0.25, -0.2) is 4.79 Å². The van der Waals surface area contributed by atoms with E-state index in [1.54, 1.807) is 12.1 Å². The summed E-state index contributed by atoms with van der Waals surface area (Å²) in [6, 6.07) is 10.7. The van der Waals surface area contributed by atoms with Gasteiger partial charge in [-0.2, -0.15) is 0 Å². The molecule has 0 bridgehead atoms. The number of aryl methyl sites for hydroxylation is 1. The Bertz CT molecular complexity index is 774. The molecule has 0 unspecified atom stereocenters. The van der Waals surface area contributed by atoms with E-state index in [0.29, 0.717) is 12.4 Å². The Morgan fingerprint density at radius 2 is 1.65 bits per heavy atom. The highest BCUT2D eigenvalue weighted by Gasteiger charge is 2.19. The molecule has 0 saturated heterocycles. The van der Waals surface area contributed by atoms with Crippen molar-refractivity contribution in [1.82, 2.24) is 0 Å². The summed E-state index contributed by atoms with van der Waals surface area (Å²) in [5.41, 5.74) is 2.37. The van der Waals surface area contributed by atoms with Crippen LogP contribution < -0.4 is 14.2 Å². The van der Waals surface area contributed by atoms with Crippen LogP contribution in [0.3, 0.4) is 0 Å². The molecule has 1 N–H and O–H groups in total. The van der Waals surface area contributed by atoms with Gasteiger partial charge in [0.2, 0.25) is 0 Å². The van der Waals surface area contributed by atoms with Crippen LogP contribution in [0.25, 0.3) is 0 Å². The van der Waals surface area contributed by atoms with Crippen molar-refractivity contribution in [2.45, 2.75) is 33.1 Å². The Hall–Kier alpha value is -2.69. The zero-order chi connectivity index (χ0) is 19.3. The number of rotatable bonds is 7. The van der Waals surface area contributed by atoms with Crippen molar-refractivity contribution >= 4 is 5.97 Å². The summed E-state index contributed by atoms with van der Waals surface area (Å²) in [6.07, 6.45) is 0. The third kappa shape index (κ3) is 4.91. The molecular formula is C21H26O5. The van der Waals surface area contributed by atoms with Crippen LogP contribution in [-0.4, -0.2) is 31.4 Å². The molecule has 0 aromatic heterocycles. The first-order chi connectivity index (χ1) is 12.2. The van der Waals surface area contributed by atoms with E-state index in [-0.39, 0.29) is 23.3 Å². The van der Waals surface area contributed by atoms with Crippen LogP contribution in [0.15, 0.2) is 36.4 Å². The first kappa shape index (κ1) is 19.6. The van der Waals surface area contributed by atoms with Crippen LogP contribution in [0.4, 0.5) is 0 Å². The standard InChI is InChI=1S/C21H26O5/c1-14-6-9-18(17(12-14)21(2,3)4)25-10-11-26-19-13-15(24-5)7-8-16(19)20(22)23/h6-9,12-13H,10-11H2,1-5H3,(H,22,23). The first-order valence-corrected chi connectivity index (χ1v) is 8.50. The van der Waals surface area contributed by atoms with Crippen LogP contribution in [0.1, 0.15) is 42.3 Å². The molecule has 5 heteroatoms. The number of benzene rings is 2. The maximum Gasteiger partial charge on any atom is 0.339 e. The van der Waals surface area contributed by atoms with E-state index in [1.807, 2.05) is 12.1 Å². The Morgan fingerprint density at radius 1 is 1.00 bits per heavy atom. The van der Waals surface area contributed by atoms with Gasteiger partial charge in [-0.05, 0) is 36.1 Å². The number of hydrogen-bond acceptors (Lipinski definition) is 4. The average molecular weight is 358 g/mol. The number of methoxy groups -OCH3 is 1. The molecule has 0 saturated carbocycles. The highest BCUT2D eigenvalue weighted by molar-refractivity contribution is 5.91. The molecule has 5 nitrogen and oxygen atoms in total. The third-order valence-electron chi connectivity index (χ3n) is 3.96. The lowest BCUT2D eigenvalue weighted by Gasteiger charge is -2.23. The van der Waals surface area contributed by atoms with Gasteiger partial charge in [-0.3, -0.25) is 0 Å². The number of ether oxygens (including phenoxy) is 3. The first-order valence-electron chi connectivity index (χ1n) is 8.50. The fraction of sp³-hybridized carbons (Fsp3) is 0.381. The number of hydrogen-bond donors (Lipinski definition) is 1. The van der Waals surface area contributed by atoms with E-state index in [4.69, 9.17) is 14.2 Å². The van der Waals surface area contributed by atoms with Crippen LogP contribution in [-0.2, 0) is 5.41 Å². The normalized spacial score (nSPS) is 11.1. The van der Waals surface area contributed by atoms with Crippen molar-refractivity contribution < 1.29 is 24.1 Å². The Kier molecular flexibility index (Phi) is 6.14. The molecule has 0 aliphatic carbocycles. The quantitative estimate of drug-likeness (QED) is 0.741. The van der Waals surface area contributed by atoms with E-state index in [9.17, 15) is 9.90 Å². The topological polar surface area (TPSA) is 65.0 Å². The Balaban J connectivity index is 2.05. The highest BCUT2D eigenvalue weighted by atomic mass is 16.5. The van der Waals surface area contributed by atoms with E-state index in [2.05, 4.69) is 33.8 Å². The second kappa shape index (κ2) is 8.13. The van der Waals surface area contributed by atoms with Crippen molar-refractivity contribution in [1.29, 1.82) is 0 Å².